The number of halogens is 4. The Labute approximate surface area is 150 Å². The minimum Gasteiger partial charge on any atom is -0.465 e. The highest BCUT2D eigenvalue weighted by atomic mass is 35.5. The molecule has 2 heterocycles. The Kier molecular flexibility index (Phi) is 5.81. The van der Waals surface area contributed by atoms with Crippen LogP contribution in [0.5, 0.6) is 0 Å². The van der Waals surface area contributed by atoms with Crippen LogP contribution in [0.25, 0.3) is 0 Å². The molecule has 0 radical (unpaired) electrons. The number of ether oxygens (including phenoxy) is 1. The van der Waals surface area contributed by atoms with Gasteiger partial charge in [-0.3, -0.25) is 0 Å². The van der Waals surface area contributed by atoms with Crippen LogP contribution in [-0.2, 0) is 10.9 Å². The second kappa shape index (κ2) is 7.54. The van der Waals surface area contributed by atoms with E-state index in [1.807, 2.05) is 0 Å². The third-order valence-corrected chi connectivity index (χ3v) is 4.19. The summed E-state index contributed by atoms with van der Waals surface area (Å²) in [5.74, 6) is -1.27. The monoisotopic (exact) mass is 397 g/mol. The molecule has 0 bridgehead atoms. The maximum atomic E-state index is 13.1. The predicted octanol–water partition coefficient (Wildman–Crippen LogP) is 1.70. The minimum absolute atomic E-state index is 0.00376. The molecule has 0 spiro atoms. The van der Waals surface area contributed by atoms with Crippen LogP contribution in [0.15, 0.2) is 6.07 Å². The summed E-state index contributed by atoms with van der Waals surface area (Å²) in [7, 11) is 1.000. The van der Waals surface area contributed by atoms with Gasteiger partial charge in [0.15, 0.2) is 0 Å². The van der Waals surface area contributed by atoms with Gasteiger partial charge in [0.05, 0.1) is 25.3 Å². The van der Waals surface area contributed by atoms with E-state index in [0.29, 0.717) is 6.07 Å². The van der Waals surface area contributed by atoms with Gasteiger partial charge in [-0.2, -0.15) is 13.2 Å². The Bertz CT molecular complexity index is 716. The molecule has 1 saturated heterocycles. The van der Waals surface area contributed by atoms with Gasteiger partial charge < -0.3 is 24.7 Å². The molecule has 1 aromatic heterocycles. The lowest BCUT2D eigenvalue weighted by molar-refractivity contribution is -0.137. The van der Waals surface area contributed by atoms with Gasteiger partial charge in [-0.15, -0.1) is 0 Å². The number of alkyl halides is 3. The van der Waals surface area contributed by atoms with Crippen molar-refractivity contribution < 1.29 is 37.7 Å². The molecule has 1 aliphatic rings. The molecule has 2 N–H and O–H groups in total. The molecule has 1 fully saturated rings. The predicted molar refractivity (Wildman–Crippen MR) is 83.4 cm³/mol. The molecule has 0 saturated carbocycles. The van der Waals surface area contributed by atoms with Crippen LogP contribution in [0, 0.1) is 0 Å². The largest absolute Gasteiger partial charge is 0.465 e. The Morgan fingerprint density at radius 1 is 1.42 bits per heavy atom. The van der Waals surface area contributed by atoms with E-state index in [4.69, 9.17) is 16.7 Å². The van der Waals surface area contributed by atoms with Crippen LogP contribution in [-0.4, -0.2) is 71.6 Å². The SMILES string of the molecule is COC(=O)c1cc(C(F)(F)F)c(Cl)nc1N1CCN(C(=O)O)CC1CO. The number of aromatic nitrogens is 1. The third kappa shape index (κ3) is 3.93. The number of carbonyl (C=O) groups is 2. The van der Waals surface area contributed by atoms with Crippen LogP contribution < -0.4 is 4.90 Å². The standard InChI is InChI=1S/C14H15ClF3N3O5/c1-26-12(23)8-4-9(14(16,17)18)10(15)19-11(8)21-3-2-20(13(24)25)5-7(21)6-22/h4,7,22H,2-3,5-6H2,1H3,(H,24,25). The van der Waals surface area contributed by atoms with Gasteiger partial charge in [-0.1, -0.05) is 11.6 Å². The number of hydrogen-bond donors (Lipinski definition) is 2. The Morgan fingerprint density at radius 3 is 2.58 bits per heavy atom. The number of carboxylic acid groups (broad SMARTS) is 1. The fraction of sp³-hybridized carbons (Fsp3) is 0.500. The summed E-state index contributed by atoms with van der Waals surface area (Å²) in [5.41, 5.74) is -1.78. The van der Waals surface area contributed by atoms with Crippen molar-refractivity contribution in [1.82, 2.24) is 9.88 Å². The van der Waals surface area contributed by atoms with E-state index in [1.165, 1.54) is 4.90 Å². The number of esters is 1. The average Bonchev–Trinajstić information content (AvgIpc) is 2.59. The van der Waals surface area contributed by atoms with Crippen molar-refractivity contribution in [3.05, 3.63) is 22.3 Å². The number of pyridine rings is 1. The quantitative estimate of drug-likeness (QED) is 0.591. The van der Waals surface area contributed by atoms with E-state index in [9.17, 15) is 27.9 Å². The average molecular weight is 398 g/mol. The van der Waals surface area contributed by atoms with Crippen molar-refractivity contribution >= 4 is 29.5 Å². The fourth-order valence-electron chi connectivity index (χ4n) is 2.62. The molecule has 8 nitrogen and oxygen atoms in total. The van der Waals surface area contributed by atoms with Gasteiger partial charge in [0.25, 0.3) is 0 Å². The van der Waals surface area contributed by atoms with E-state index in [1.54, 1.807) is 0 Å². The summed E-state index contributed by atoms with van der Waals surface area (Å²) in [4.78, 5) is 29.1. The van der Waals surface area contributed by atoms with E-state index in [2.05, 4.69) is 9.72 Å². The zero-order valence-corrected chi connectivity index (χ0v) is 14.2. The van der Waals surface area contributed by atoms with Gasteiger partial charge in [0.1, 0.15) is 16.5 Å². The molecule has 144 valence electrons. The van der Waals surface area contributed by atoms with E-state index >= 15 is 0 Å². The molecule has 0 aromatic carbocycles. The van der Waals surface area contributed by atoms with E-state index < -0.39 is 47.2 Å². The number of aliphatic hydroxyl groups excluding tert-OH is 1. The number of aliphatic hydroxyl groups is 1. The highest BCUT2D eigenvalue weighted by Gasteiger charge is 2.38. The molecule has 1 unspecified atom stereocenters. The van der Waals surface area contributed by atoms with Crippen molar-refractivity contribution in [1.29, 1.82) is 0 Å². The summed E-state index contributed by atoms with van der Waals surface area (Å²) in [6.45, 7) is -0.625. The molecule has 1 aromatic rings. The van der Waals surface area contributed by atoms with Crippen LogP contribution in [0.2, 0.25) is 5.15 Å². The maximum Gasteiger partial charge on any atom is 0.419 e. The third-order valence-electron chi connectivity index (χ3n) is 3.90. The molecule has 26 heavy (non-hydrogen) atoms. The van der Waals surface area contributed by atoms with Crippen LogP contribution in [0.3, 0.4) is 0 Å². The van der Waals surface area contributed by atoms with Crippen molar-refractivity contribution in [2.24, 2.45) is 0 Å². The molecule has 1 amide bonds. The van der Waals surface area contributed by atoms with Crippen LogP contribution in [0.4, 0.5) is 23.8 Å². The fourth-order valence-corrected chi connectivity index (χ4v) is 2.87. The van der Waals surface area contributed by atoms with Gasteiger partial charge in [0, 0.05) is 19.6 Å². The van der Waals surface area contributed by atoms with Crippen molar-refractivity contribution in [2.75, 3.05) is 38.3 Å². The number of hydrogen-bond acceptors (Lipinski definition) is 6. The molecule has 1 atom stereocenters. The maximum absolute atomic E-state index is 13.1. The van der Waals surface area contributed by atoms with Gasteiger partial charge in [0.2, 0.25) is 0 Å². The smallest absolute Gasteiger partial charge is 0.419 e. The first kappa shape index (κ1) is 20.0. The first-order chi connectivity index (χ1) is 12.1. The summed E-state index contributed by atoms with van der Waals surface area (Å²) in [6.07, 6.45) is -6.03. The summed E-state index contributed by atoms with van der Waals surface area (Å²) < 4.78 is 43.7. The van der Waals surface area contributed by atoms with Crippen LogP contribution >= 0.6 is 11.6 Å². The zero-order chi connectivity index (χ0) is 19.6. The van der Waals surface area contributed by atoms with Crippen molar-refractivity contribution in [3.63, 3.8) is 0 Å². The normalized spacial score (nSPS) is 18.0. The number of rotatable bonds is 3. The lowest BCUT2D eigenvalue weighted by atomic mass is 10.1. The lowest BCUT2D eigenvalue weighted by Gasteiger charge is -2.40. The second-order valence-corrected chi connectivity index (χ2v) is 5.80. The van der Waals surface area contributed by atoms with Gasteiger partial charge in [-0.05, 0) is 6.07 Å². The first-order valence-electron chi connectivity index (χ1n) is 7.31. The number of piperazine rings is 1. The molecular weight excluding hydrogens is 383 g/mol. The second-order valence-electron chi connectivity index (χ2n) is 5.45. The number of anilines is 1. The van der Waals surface area contributed by atoms with Crippen molar-refractivity contribution in [2.45, 2.75) is 12.2 Å². The minimum atomic E-state index is -4.83. The van der Waals surface area contributed by atoms with Gasteiger partial charge >= 0.3 is 18.2 Å². The summed E-state index contributed by atoms with van der Waals surface area (Å²) in [6, 6.07) is -0.280. The van der Waals surface area contributed by atoms with E-state index in [0.717, 1.165) is 12.0 Å². The molecule has 0 aliphatic carbocycles. The Morgan fingerprint density at radius 2 is 2.08 bits per heavy atom. The lowest BCUT2D eigenvalue weighted by Crippen LogP contribution is -2.56. The number of amides is 1. The molecule has 12 heteroatoms. The van der Waals surface area contributed by atoms with E-state index in [-0.39, 0.29) is 25.5 Å². The Hall–Kier alpha value is -2.27. The summed E-state index contributed by atoms with van der Waals surface area (Å²) in [5, 5.41) is 17.7. The molecular formula is C14H15ClF3N3O5. The zero-order valence-electron chi connectivity index (χ0n) is 13.5. The highest BCUT2D eigenvalue weighted by Crippen LogP contribution is 2.37. The topological polar surface area (TPSA) is 103 Å². The first-order valence-corrected chi connectivity index (χ1v) is 7.69. The van der Waals surface area contributed by atoms with Gasteiger partial charge in [-0.25, -0.2) is 14.6 Å². The highest BCUT2D eigenvalue weighted by molar-refractivity contribution is 6.30. The number of nitrogens with zero attached hydrogens (tertiary/aromatic N) is 3. The number of carbonyl (C=O) groups excluding carboxylic acids is 1. The summed E-state index contributed by atoms with van der Waals surface area (Å²) >= 11 is 5.65. The molecule has 2 rings (SSSR count). The van der Waals surface area contributed by atoms with Crippen LogP contribution in [0.1, 0.15) is 15.9 Å². The number of methoxy groups -OCH3 is 1. The van der Waals surface area contributed by atoms with Crippen molar-refractivity contribution in [3.8, 4) is 0 Å². The Balaban J connectivity index is 2.52. The molecule has 1 aliphatic heterocycles.